The lowest BCUT2D eigenvalue weighted by molar-refractivity contribution is 0.630. The summed E-state index contributed by atoms with van der Waals surface area (Å²) >= 11 is 0. The van der Waals surface area contributed by atoms with Crippen molar-refractivity contribution in [3.8, 4) is 16.8 Å². The Labute approximate surface area is 301 Å². The molecule has 8 aromatic carbocycles. The van der Waals surface area contributed by atoms with Crippen molar-refractivity contribution in [2.24, 2.45) is 0 Å². The van der Waals surface area contributed by atoms with Crippen molar-refractivity contribution in [1.29, 1.82) is 0 Å². The topological polar surface area (TPSA) is 21.3 Å². The van der Waals surface area contributed by atoms with Crippen LogP contribution in [0.4, 0.5) is 17.1 Å². The van der Waals surface area contributed by atoms with Gasteiger partial charge in [-0.3, -0.25) is 0 Å². The highest BCUT2D eigenvalue weighted by Crippen LogP contribution is 2.51. The van der Waals surface area contributed by atoms with E-state index in [9.17, 15) is 0 Å². The molecule has 52 heavy (non-hydrogen) atoms. The number of fused-ring (bicyclic) bond motifs is 10. The second-order valence-electron chi connectivity index (χ2n) is 14.6. The van der Waals surface area contributed by atoms with Crippen LogP contribution < -0.4 is 4.90 Å². The quantitative estimate of drug-likeness (QED) is 0.186. The zero-order chi connectivity index (χ0) is 34.6. The normalized spacial score (nSPS) is 13.3. The molecule has 3 heteroatoms. The van der Waals surface area contributed by atoms with Crippen molar-refractivity contribution in [3.05, 3.63) is 181 Å². The molecule has 0 bridgehead atoms. The summed E-state index contributed by atoms with van der Waals surface area (Å²) in [6.07, 6.45) is 0. The van der Waals surface area contributed by atoms with Crippen molar-refractivity contribution in [2.75, 3.05) is 4.90 Å². The van der Waals surface area contributed by atoms with E-state index in [0.29, 0.717) is 0 Å². The van der Waals surface area contributed by atoms with Crippen LogP contribution in [0.2, 0.25) is 0 Å². The Morgan fingerprint density at radius 2 is 1.17 bits per heavy atom. The molecule has 246 valence electrons. The van der Waals surface area contributed by atoms with Crippen LogP contribution in [0.3, 0.4) is 0 Å². The third-order valence-corrected chi connectivity index (χ3v) is 11.3. The minimum atomic E-state index is -0.219. The van der Waals surface area contributed by atoms with Gasteiger partial charge in [-0.2, -0.15) is 0 Å². The van der Waals surface area contributed by atoms with E-state index in [4.69, 9.17) is 4.42 Å². The van der Waals surface area contributed by atoms with Crippen LogP contribution in [0.25, 0.3) is 71.3 Å². The lowest BCUT2D eigenvalue weighted by Crippen LogP contribution is -2.26. The number of hydrogen-bond donors (Lipinski definition) is 0. The molecule has 0 radical (unpaired) electrons. The summed E-state index contributed by atoms with van der Waals surface area (Å²) in [5, 5.41) is 7.23. The highest BCUT2D eigenvalue weighted by molar-refractivity contribution is 6.25. The number of aromatic nitrogens is 1. The smallest absolute Gasteiger partial charge is 0.145 e. The summed E-state index contributed by atoms with van der Waals surface area (Å²) in [4.78, 5) is 2.34. The van der Waals surface area contributed by atoms with E-state index in [-0.39, 0.29) is 5.41 Å². The highest BCUT2D eigenvalue weighted by atomic mass is 16.3. The number of rotatable bonds is 4. The standard InChI is InChI=1S/C49H34N2O/c1-49(2)41-27-23-34(32-20-24-36(25-21-32)50(35-14-4-3-5-15-35)37-26-22-31-12-6-7-13-33(31)28-37)29-44(41)51-43-18-10-8-17-39(43)46-47(51)42(49)30-40-38-16-9-11-19-45(38)52-48(40)46/h3-30H,1-2H3. The number of hydrogen-bond acceptors (Lipinski definition) is 2. The average molecular weight is 667 g/mol. The fraction of sp³-hybridized carbons (Fsp3) is 0.0612. The molecule has 0 amide bonds. The van der Waals surface area contributed by atoms with Gasteiger partial charge in [0.25, 0.3) is 0 Å². The molecule has 0 aliphatic carbocycles. The molecule has 3 heterocycles. The third-order valence-electron chi connectivity index (χ3n) is 11.3. The maximum atomic E-state index is 6.66. The second-order valence-corrected chi connectivity index (χ2v) is 14.6. The molecule has 0 atom stereocenters. The van der Waals surface area contributed by atoms with Crippen molar-refractivity contribution in [3.63, 3.8) is 0 Å². The molecule has 0 fully saturated rings. The first kappa shape index (κ1) is 29.2. The Bertz CT molecular complexity index is 3040. The van der Waals surface area contributed by atoms with E-state index < -0.39 is 0 Å². The van der Waals surface area contributed by atoms with Gasteiger partial charge in [-0.1, -0.05) is 123 Å². The van der Waals surface area contributed by atoms with Crippen LogP contribution in [-0.2, 0) is 5.41 Å². The van der Waals surface area contributed by atoms with Crippen LogP contribution >= 0.6 is 0 Å². The van der Waals surface area contributed by atoms with Crippen molar-refractivity contribution in [2.45, 2.75) is 19.3 Å². The number of nitrogens with zero attached hydrogens (tertiary/aromatic N) is 2. The molecular formula is C49H34N2O. The van der Waals surface area contributed by atoms with Gasteiger partial charge in [0.2, 0.25) is 0 Å². The van der Waals surface area contributed by atoms with E-state index in [2.05, 4.69) is 193 Å². The zero-order valence-corrected chi connectivity index (χ0v) is 29.0. The molecule has 0 saturated carbocycles. The van der Waals surface area contributed by atoms with Crippen LogP contribution in [0, 0.1) is 0 Å². The summed E-state index contributed by atoms with van der Waals surface area (Å²) in [6, 6.07) is 61.5. The van der Waals surface area contributed by atoms with Crippen LogP contribution in [0.15, 0.2) is 174 Å². The van der Waals surface area contributed by atoms with E-state index in [1.165, 1.54) is 71.3 Å². The fourth-order valence-corrected chi connectivity index (χ4v) is 8.77. The van der Waals surface area contributed by atoms with Crippen LogP contribution in [-0.4, -0.2) is 4.57 Å². The van der Waals surface area contributed by atoms with Gasteiger partial charge in [0, 0.05) is 38.6 Å². The van der Waals surface area contributed by atoms with Crippen molar-refractivity contribution >= 4 is 71.6 Å². The van der Waals surface area contributed by atoms with Gasteiger partial charge in [0.05, 0.1) is 22.1 Å². The monoisotopic (exact) mass is 666 g/mol. The Balaban J connectivity index is 1.08. The molecule has 2 aromatic heterocycles. The molecule has 0 N–H and O–H groups in total. The number of anilines is 3. The van der Waals surface area contributed by atoms with Gasteiger partial charge in [-0.25, -0.2) is 0 Å². The molecule has 0 spiro atoms. The van der Waals surface area contributed by atoms with Crippen LogP contribution in [0.1, 0.15) is 25.0 Å². The van der Waals surface area contributed by atoms with E-state index in [0.717, 1.165) is 28.2 Å². The van der Waals surface area contributed by atoms with Crippen molar-refractivity contribution < 1.29 is 4.42 Å². The van der Waals surface area contributed by atoms with Gasteiger partial charge in [0.1, 0.15) is 11.2 Å². The summed E-state index contributed by atoms with van der Waals surface area (Å²) < 4.78 is 9.15. The van der Waals surface area contributed by atoms with Gasteiger partial charge >= 0.3 is 0 Å². The molecule has 10 aromatic rings. The van der Waals surface area contributed by atoms with E-state index >= 15 is 0 Å². The summed E-state index contributed by atoms with van der Waals surface area (Å²) in [5.41, 5.74) is 13.7. The van der Waals surface area contributed by atoms with Crippen molar-refractivity contribution in [1.82, 2.24) is 4.57 Å². The second kappa shape index (κ2) is 10.7. The molecule has 0 saturated heterocycles. The zero-order valence-electron chi connectivity index (χ0n) is 29.0. The minimum absolute atomic E-state index is 0.219. The molecule has 11 rings (SSSR count). The Hall–Kier alpha value is -6.58. The summed E-state index contributed by atoms with van der Waals surface area (Å²) in [7, 11) is 0. The molecule has 1 aliphatic heterocycles. The van der Waals surface area contributed by atoms with E-state index in [1.807, 2.05) is 0 Å². The highest BCUT2D eigenvalue weighted by Gasteiger charge is 2.37. The average Bonchev–Trinajstić information content (AvgIpc) is 3.74. The number of para-hydroxylation sites is 3. The Kier molecular flexibility index (Phi) is 6.01. The first-order valence-electron chi connectivity index (χ1n) is 18.0. The molecule has 1 aliphatic rings. The van der Waals surface area contributed by atoms with Gasteiger partial charge < -0.3 is 13.9 Å². The molecule has 3 nitrogen and oxygen atoms in total. The summed E-state index contributed by atoms with van der Waals surface area (Å²) in [5.74, 6) is 0. The largest absolute Gasteiger partial charge is 0.455 e. The lowest BCUT2D eigenvalue weighted by atomic mass is 9.74. The number of furan rings is 1. The van der Waals surface area contributed by atoms with Gasteiger partial charge in [0.15, 0.2) is 0 Å². The predicted octanol–water partition coefficient (Wildman–Crippen LogP) is 13.6. The maximum Gasteiger partial charge on any atom is 0.145 e. The Morgan fingerprint density at radius 1 is 0.500 bits per heavy atom. The number of benzene rings is 8. The maximum absolute atomic E-state index is 6.66. The van der Waals surface area contributed by atoms with Gasteiger partial charge in [-0.15, -0.1) is 0 Å². The first-order chi connectivity index (χ1) is 25.5. The fourth-order valence-electron chi connectivity index (χ4n) is 8.77. The Morgan fingerprint density at radius 3 is 2.02 bits per heavy atom. The lowest BCUT2D eigenvalue weighted by Gasteiger charge is -2.35. The van der Waals surface area contributed by atoms with E-state index in [1.54, 1.807) is 0 Å². The summed E-state index contributed by atoms with van der Waals surface area (Å²) in [6.45, 7) is 4.74. The molecular weight excluding hydrogens is 633 g/mol. The van der Waals surface area contributed by atoms with Crippen LogP contribution in [0.5, 0.6) is 0 Å². The minimum Gasteiger partial charge on any atom is -0.455 e. The predicted molar refractivity (Wildman–Crippen MR) is 218 cm³/mol. The SMILES string of the molecule is CC1(C)c2ccc(-c3ccc(N(c4ccccc4)c4ccc5ccccc5c4)cc3)cc2-n2c3ccccc3c3c4oc5ccccc5c4cc1c32. The molecule has 0 unspecified atom stereocenters. The first-order valence-corrected chi connectivity index (χ1v) is 18.0. The van der Waals surface area contributed by atoms with Gasteiger partial charge in [-0.05, 0) is 93.7 Å². The third kappa shape index (κ3) is 4.08.